The summed E-state index contributed by atoms with van der Waals surface area (Å²) in [5.74, 6) is 2.53. The van der Waals surface area contributed by atoms with Crippen molar-refractivity contribution in [2.75, 3.05) is 13.2 Å². The van der Waals surface area contributed by atoms with Crippen LogP contribution >= 0.6 is 0 Å². The summed E-state index contributed by atoms with van der Waals surface area (Å²) in [6.07, 6.45) is 1.20. The zero-order valence-electron chi connectivity index (χ0n) is 10.4. The van der Waals surface area contributed by atoms with Crippen LogP contribution in [0.2, 0.25) is 0 Å². The third-order valence-electron chi connectivity index (χ3n) is 2.87. The van der Waals surface area contributed by atoms with Crippen LogP contribution in [0.3, 0.4) is 0 Å². The summed E-state index contributed by atoms with van der Waals surface area (Å²) in [4.78, 5) is 4.31. The molecule has 2 heterocycles. The fourth-order valence-corrected chi connectivity index (χ4v) is 1.90. The van der Waals surface area contributed by atoms with Crippen molar-refractivity contribution in [3.63, 3.8) is 0 Å². The van der Waals surface area contributed by atoms with E-state index in [-0.39, 0.29) is 6.10 Å². The zero-order valence-corrected chi connectivity index (χ0v) is 10.4. The number of nitrogens with zero attached hydrogens (tertiary/aromatic N) is 2. The van der Waals surface area contributed by atoms with Crippen molar-refractivity contribution in [2.45, 2.75) is 18.9 Å². The third-order valence-corrected chi connectivity index (χ3v) is 2.87. The van der Waals surface area contributed by atoms with Crippen LogP contribution in [0.25, 0.3) is 0 Å². The number of benzene rings is 1. The molecule has 1 aliphatic rings. The summed E-state index contributed by atoms with van der Waals surface area (Å²) < 4.78 is 16.6. The van der Waals surface area contributed by atoms with E-state index in [1.165, 1.54) is 0 Å². The number of aryl methyl sites for hydroxylation is 1. The van der Waals surface area contributed by atoms with E-state index in [0.29, 0.717) is 37.0 Å². The number of nitrogens with two attached hydrogens (primary N) is 1. The molecule has 0 aliphatic carbocycles. The molecule has 1 atom stereocenters. The fourth-order valence-electron chi connectivity index (χ4n) is 1.90. The number of hydrogen-bond acceptors (Lipinski definition) is 6. The molecule has 0 saturated carbocycles. The second-order valence-electron chi connectivity index (χ2n) is 4.31. The quantitative estimate of drug-likeness (QED) is 0.897. The van der Waals surface area contributed by atoms with Gasteiger partial charge in [-0.05, 0) is 25.1 Å². The second kappa shape index (κ2) is 5.27. The van der Waals surface area contributed by atoms with Crippen molar-refractivity contribution in [1.82, 2.24) is 10.1 Å². The number of aromatic nitrogens is 2. The van der Waals surface area contributed by atoms with Gasteiger partial charge in [-0.2, -0.15) is 4.98 Å². The number of ether oxygens (including phenoxy) is 2. The summed E-state index contributed by atoms with van der Waals surface area (Å²) in [7, 11) is 0. The predicted octanol–water partition coefficient (Wildman–Crippen LogP) is 1.47. The average Bonchev–Trinajstić information content (AvgIpc) is 2.93. The second-order valence-corrected chi connectivity index (χ2v) is 4.31. The predicted molar refractivity (Wildman–Crippen MR) is 67.0 cm³/mol. The molecule has 0 fully saturated rings. The van der Waals surface area contributed by atoms with Gasteiger partial charge in [0.25, 0.3) is 5.89 Å². The molecule has 0 radical (unpaired) electrons. The van der Waals surface area contributed by atoms with Crippen LogP contribution in [0, 0.1) is 0 Å². The minimum absolute atomic E-state index is 0.353. The minimum atomic E-state index is -0.353. The first kappa shape index (κ1) is 12.0. The van der Waals surface area contributed by atoms with E-state index < -0.39 is 0 Å². The van der Waals surface area contributed by atoms with Gasteiger partial charge in [0.15, 0.2) is 17.3 Å². The Balaban J connectivity index is 1.72. The van der Waals surface area contributed by atoms with E-state index >= 15 is 0 Å². The van der Waals surface area contributed by atoms with Crippen LogP contribution in [-0.4, -0.2) is 23.3 Å². The lowest BCUT2D eigenvalue weighted by atomic mass is 10.2. The number of rotatable bonds is 4. The molecule has 19 heavy (non-hydrogen) atoms. The fraction of sp³-hybridized carbons (Fsp3) is 0.385. The van der Waals surface area contributed by atoms with Gasteiger partial charge in [-0.25, -0.2) is 0 Å². The molecule has 2 N–H and O–H groups in total. The smallest absolute Gasteiger partial charge is 0.271 e. The Morgan fingerprint density at radius 1 is 1.26 bits per heavy atom. The van der Waals surface area contributed by atoms with E-state index in [4.69, 9.17) is 19.7 Å². The van der Waals surface area contributed by atoms with E-state index in [9.17, 15) is 0 Å². The molecular weight excluding hydrogens is 246 g/mol. The summed E-state index contributed by atoms with van der Waals surface area (Å²) in [6.45, 7) is 0.982. The van der Waals surface area contributed by atoms with Gasteiger partial charge in [-0.15, -0.1) is 0 Å². The Morgan fingerprint density at radius 2 is 2.11 bits per heavy atom. The van der Waals surface area contributed by atoms with Crippen molar-refractivity contribution >= 4 is 0 Å². The Bertz CT molecular complexity index is 556. The zero-order chi connectivity index (χ0) is 13.1. The standard InChI is InChI=1S/C13H15N3O3/c14-7-3-6-12-15-13(19-16-12)11-8-17-9-4-1-2-5-10(9)18-11/h1-2,4-5,11H,3,6-8,14H2. The molecular formula is C13H15N3O3. The molecule has 1 aromatic carbocycles. The Morgan fingerprint density at radius 3 is 2.95 bits per heavy atom. The molecule has 0 spiro atoms. The minimum Gasteiger partial charge on any atom is -0.485 e. The topological polar surface area (TPSA) is 83.4 Å². The van der Waals surface area contributed by atoms with Gasteiger partial charge in [0.1, 0.15) is 6.61 Å². The van der Waals surface area contributed by atoms with Crippen LogP contribution in [0.4, 0.5) is 0 Å². The Hall–Kier alpha value is -2.08. The van der Waals surface area contributed by atoms with Crippen molar-refractivity contribution in [3.8, 4) is 11.5 Å². The van der Waals surface area contributed by atoms with Gasteiger partial charge in [-0.3, -0.25) is 0 Å². The number of fused-ring (bicyclic) bond motifs is 1. The molecule has 1 aliphatic heterocycles. The van der Waals surface area contributed by atoms with Crippen LogP contribution in [0.15, 0.2) is 28.8 Å². The van der Waals surface area contributed by atoms with Crippen LogP contribution in [0.5, 0.6) is 11.5 Å². The normalized spacial score (nSPS) is 17.4. The van der Waals surface area contributed by atoms with E-state index in [1.54, 1.807) is 0 Å². The van der Waals surface area contributed by atoms with Crippen molar-refractivity contribution in [1.29, 1.82) is 0 Å². The van der Waals surface area contributed by atoms with Gasteiger partial charge >= 0.3 is 0 Å². The van der Waals surface area contributed by atoms with Crippen LogP contribution < -0.4 is 15.2 Å². The van der Waals surface area contributed by atoms with E-state index in [0.717, 1.165) is 12.2 Å². The van der Waals surface area contributed by atoms with Gasteiger partial charge in [0.2, 0.25) is 6.10 Å². The summed E-state index contributed by atoms with van der Waals surface area (Å²) in [5.41, 5.74) is 5.45. The highest BCUT2D eigenvalue weighted by molar-refractivity contribution is 5.40. The maximum atomic E-state index is 5.79. The van der Waals surface area contributed by atoms with Gasteiger partial charge in [0, 0.05) is 6.42 Å². The lowest BCUT2D eigenvalue weighted by molar-refractivity contribution is 0.0665. The molecule has 0 saturated heterocycles. The van der Waals surface area contributed by atoms with Gasteiger partial charge in [0.05, 0.1) is 0 Å². The first-order valence-electron chi connectivity index (χ1n) is 6.28. The van der Waals surface area contributed by atoms with Crippen molar-refractivity contribution in [3.05, 3.63) is 36.0 Å². The van der Waals surface area contributed by atoms with E-state index in [1.807, 2.05) is 24.3 Å². The molecule has 2 aromatic rings. The van der Waals surface area contributed by atoms with Crippen molar-refractivity contribution in [2.24, 2.45) is 5.73 Å². The van der Waals surface area contributed by atoms with Crippen LogP contribution in [-0.2, 0) is 6.42 Å². The Kier molecular flexibility index (Phi) is 3.33. The molecule has 0 amide bonds. The highest BCUT2D eigenvalue weighted by atomic mass is 16.6. The molecule has 6 nitrogen and oxygen atoms in total. The average molecular weight is 261 g/mol. The maximum Gasteiger partial charge on any atom is 0.271 e. The Labute approximate surface area is 110 Å². The summed E-state index contributed by atoms with van der Waals surface area (Å²) in [5, 5.41) is 3.91. The highest BCUT2D eigenvalue weighted by Crippen LogP contribution is 2.35. The number of hydrogen-bond donors (Lipinski definition) is 1. The van der Waals surface area contributed by atoms with Crippen LogP contribution in [0.1, 0.15) is 24.2 Å². The maximum absolute atomic E-state index is 5.79. The first-order chi connectivity index (χ1) is 9.36. The highest BCUT2D eigenvalue weighted by Gasteiger charge is 2.27. The molecule has 6 heteroatoms. The monoisotopic (exact) mass is 261 g/mol. The summed E-state index contributed by atoms with van der Waals surface area (Å²) in [6, 6.07) is 7.52. The lowest BCUT2D eigenvalue weighted by Crippen LogP contribution is -2.21. The van der Waals surface area contributed by atoms with E-state index in [2.05, 4.69) is 10.1 Å². The van der Waals surface area contributed by atoms with Gasteiger partial charge < -0.3 is 19.7 Å². The number of para-hydroxylation sites is 2. The molecule has 1 unspecified atom stereocenters. The SMILES string of the molecule is NCCCc1noc(C2COc3ccccc3O2)n1. The molecule has 100 valence electrons. The molecule has 0 bridgehead atoms. The first-order valence-corrected chi connectivity index (χ1v) is 6.28. The van der Waals surface area contributed by atoms with Crippen molar-refractivity contribution < 1.29 is 14.0 Å². The summed E-state index contributed by atoms with van der Waals surface area (Å²) >= 11 is 0. The molecule has 1 aromatic heterocycles. The third kappa shape index (κ3) is 2.53. The molecule has 3 rings (SSSR count). The largest absolute Gasteiger partial charge is 0.485 e. The lowest BCUT2D eigenvalue weighted by Gasteiger charge is -2.23. The van der Waals surface area contributed by atoms with Gasteiger partial charge in [-0.1, -0.05) is 17.3 Å².